The summed E-state index contributed by atoms with van der Waals surface area (Å²) in [5, 5.41) is 5.94. The number of carbonyl (C=O) groups excluding carboxylic acids is 1. The Morgan fingerprint density at radius 1 is 1.14 bits per heavy atom. The molecule has 110 valence electrons. The van der Waals surface area contributed by atoms with Crippen LogP contribution in [0.4, 0.5) is 20.2 Å². The summed E-state index contributed by atoms with van der Waals surface area (Å²) in [6, 6.07) is 9.20. The molecule has 3 nitrogen and oxygen atoms in total. The molecule has 0 aliphatic rings. The van der Waals surface area contributed by atoms with Crippen molar-refractivity contribution in [2.75, 3.05) is 10.6 Å². The average Bonchev–Trinajstić information content (AvgIpc) is 2.44. The van der Waals surface area contributed by atoms with Gasteiger partial charge in [0.15, 0.2) is 0 Å². The molecule has 2 rings (SSSR count). The fourth-order valence-electron chi connectivity index (χ4n) is 1.69. The highest BCUT2D eigenvalue weighted by molar-refractivity contribution is 6.30. The summed E-state index contributed by atoms with van der Waals surface area (Å²) in [5.41, 5.74) is 0.646. The maximum Gasteiger partial charge on any atom is 0.246 e. The molecule has 21 heavy (non-hydrogen) atoms. The van der Waals surface area contributed by atoms with Crippen LogP contribution in [0.25, 0.3) is 0 Å². The van der Waals surface area contributed by atoms with Crippen LogP contribution < -0.4 is 10.6 Å². The van der Waals surface area contributed by atoms with E-state index in [0.29, 0.717) is 16.8 Å². The van der Waals surface area contributed by atoms with Crippen molar-refractivity contribution in [3.63, 3.8) is 0 Å². The number of hydrogen-bond acceptors (Lipinski definition) is 2. The molecule has 0 unspecified atom stereocenters. The van der Waals surface area contributed by atoms with E-state index in [2.05, 4.69) is 10.6 Å². The smallest absolute Gasteiger partial charge is 0.246 e. The topological polar surface area (TPSA) is 41.1 Å². The minimum absolute atomic E-state index is 0.0637. The molecule has 0 bridgehead atoms. The molecule has 2 N–H and O–H groups in total. The van der Waals surface area contributed by atoms with Crippen molar-refractivity contribution in [2.45, 2.75) is 13.0 Å². The summed E-state index contributed by atoms with van der Waals surface area (Å²) in [6.07, 6.45) is 0. The maximum atomic E-state index is 13.5. The van der Waals surface area contributed by atoms with Crippen molar-refractivity contribution in [2.24, 2.45) is 0 Å². The van der Waals surface area contributed by atoms with Gasteiger partial charge in [-0.2, -0.15) is 0 Å². The Kier molecular flexibility index (Phi) is 4.75. The molecule has 2 aromatic rings. The Labute approximate surface area is 125 Å². The third-order valence-corrected chi connectivity index (χ3v) is 3.06. The van der Waals surface area contributed by atoms with Gasteiger partial charge in [0.05, 0.1) is 5.69 Å². The van der Waals surface area contributed by atoms with Crippen molar-refractivity contribution in [1.29, 1.82) is 0 Å². The van der Waals surface area contributed by atoms with Gasteiger partial charge in [-0.25, -0.2) is 8.78 Å². The standard InChI is InChI=1S/C15H13ClF2N2O/c1-9(19-12-5-2-10(16)3-6-12)15(21)20-14-7-4-11(17)8-13(14)18/h2-9,19H,1H3,(H,20,21)/t9-/m1/s1. The second-order valence-electron chi connectivity index (χ2n) is 4.49. The number of anilines is 2. The van der Waals surface area contributed by atoms with E-state index in [4.69, 9.17) is 11.6 Å². The largest absolute Gasteiger partial charge is 0.374 e. The molecule has 0 fully saturated rings. The Bertz CT molecular complexity index is 647. The second-order valence-corrected chi connectivity index (χ2v) is 4.92. The highest BCUT2D eigenvalue weighted by Gasteiger charge is 2.15. The van der Waals surface area contributed by atoms with Crippen molar-refractivity contribution < 1.29 is 13.6 Å². The molecule has 1 amide bonds. The van der Waals surface area contributed by atoms with Crippen LogP contribution in [0.2, 0.25) is 5.02 Å². The van der Waals surface area contributed by atoms with E-state index >= 15 is 0 Å². The Morgan fingerprint density at radius 3 is 2.43 bits per heavy atom. The maximum absolute atomic E-state index is 13.5. The lowest BCUT2D eigenvalue weighted by atomic mass is 10.2. The van der Waals surface area contributed by atoms with Crippen molar-refractivity contribution in [3.05, 3.63) is 59.1 Å². The van der Waals surface area contributed by atoms with E-state index in [1.54, 1.807) is 31.2 Å². The first-order valence-electron chi connectivity index (χ1n) is 6.24. The van der Waals surface area contributed by atoms with E-state index in [1.807, 2.05) is 0 Å². The van der Waals surface area contributed by atoms with Crippen LogP contribution in [0.3, 0.4) is 0 Å². The summed E-state index contributed by atoms with van der Waals surface area (Å²) in [4.78, 5) is 12.0. The van der Waals surface area contributed by atoms with Crippen molar-refractivity contribution >= 4 is 28.9 Å². The van der Waals surface area contributed by atoms with Crippen LogP contribution in [-0.4, -0.2) is 11.9 Å². The SMILES string of the molecule is C[C@@H](Nc1ccc(Cl)cc1)C(=O)Nc1ccc(F)cc1F. The third kappa shape index (κ3) is 4.16. The fourth-order valence-corrected chi connectivity index (χ4v) is 1.82. The van der Waals surface area contributed by atoms with Gasteiger partial charge in [0.1, 0.15) is 17.7 Å². The molecular formula is C15H13ClF2N2O. The summed E-state index contributed by atoms with van der Waals surface area (Å²) in [6.45, 7) is 1.63. The third-order valence-electron chi connectivity index (χ3n) is 2.81. The predicted molar refractivity (Wildman–Crippen MR) is 79.5 cm³/mol. The minimum atomic E-state index is -0.818. The van der Waals surface area contributed by atoms with Gasteiger partial charge in [0.25, 0.3) is 0 Å². The normalized spacial score (nSPS) is 11.8. The Hall–Kier alpha value is -2.14. The lowest BCUT2D eigenvalue weighted by Gasteiger charge is -2.15. The molecule has 0 heterocycles. The van der Waals surface area contributed by atoms with Gasteiger partial charge >= 0.3 is 0 Å². The number of rotatable bonds is 4. The Balaban J connectivity index is 2.00. The van der Waals surface area contributed by atoms with E-state index < -0.39 is 23.6 Å². The number of benzene rings is 2. The molecule has 0 saturated carbocycles. The van der Waals surface area contributed by atoms with Gasteiger partial charge in [-0.1, -0.05) is 11.6 Å². The second kappa shape index (κ2) is 6.54. The zero-order valence-electron chi connectivity index (χ0n) is 11.2. The first-order valence-corrected chi connectivity index (χ1v) is 6.61. The molecule has 0 saturated heterocycles. The van der Waals surface area contributed by atoms with Gasteiger partial charge in [-0.15, -0.1) is 0 Å². The first-order chi connectivity index (χ1) is 9.95. The van der Waals surface area contributed by atoms with Crippen LogP contribution in [0.5, 0.6) is 0 Å². The lowest BCUT2D eigenvalue weighted by molar-refractivity contribution is -0.116. The molecule has 0 aliphatic heterocycles. The number of amides is 1. The van der Waals surface area contributed by atoms with Gasteiger partial charge < -0.3 is 10.6 Å². The molecule has 0 spiro atoms. The predicted octanol–water partition coefficient (Wildman–Crippen LogP) is 4.06. The van der Waals surface area contributed by atoms with E-state index in [0.717, 1.165) is 6.07 Å². The summed E-state index contributed by atoms with van der Waals surface area (Å²) in [7, 11) is 0. The minimum Gasteiger partial charge on any atom is -0.374 e. The molecule has 6 heteroatoms. The molecule has 2 aromatic carbocycles. The number of hydrogen-bond donors (Lipinski definition) is 2. The molecule has 0 radical (unpaired) electrons. The zero-order valence-corrected chi connectivity index (χ0v) is 11.9. The molecular weight excluding hydrogens is 298 g/mol. The average molecular weight is 311 g/mol. The van der Waals surface area contributed by atoms with Gasteiger partial charge in [0.2, 0.25) is 5.91 Å². The molecule has 0 aliphatic carbocycles. The fraction of sp³-hybridized carbons (Fsp3) is 0.133. The molecule has 0 aromatic heterocycles. The van der Waals surface area contributed by atoms with E-state index in [9.17, 15) is 13.6 Å². The van der Waals surface area contributed by atoms with Gasteiger partial charge in [-0.05, 0) is 43.3 Å². The number of nitrogens with one attached hydrogen (secondary N) is 2. The lowest BCUT2D eigenvalue weighted by Crippen LogP contribution is -2.32. The van der Waals surface area contributed by atoms with Gasteiger partial charge in [-0.3, -0.25) is 4.79 Å². The van der Waals surface area contributed by atoms with Crippen LogP contribution in [0, 0.1) is 11.6 Å². The molecule has 1 atom stereocenters. The Morgan fingerprint density at radius 2 is 1.81 bits per heavy atom. The highest BCUT2D eigenvalue weighted by atomic mass is 35.5. The highest BCUT2D eigenvalue weighted by Crippen LogP contribution is 2.17. The van der Waals surface area contributed by atoms with Crippen LogP contribution in [0.15, 0.2) is 42.5 Å². The van der Waals surface area contributed by atoms with Crippen LogP contribution in [0.1, 0.15) is 6.92 Å². The monoisotopic (exact) mass is 310 g/mol. The number of halogens is 3. The van der Waals surface area contributed by atoms with Crippen molar-refractivity contribution in [3.8, 4) is 0 Å². The van der Waals surface area contributed by atoms with Crippen LogP contribution >= 0.6 is 11.6 Å². The number of carbonyl (C=O) groups is 1. The zero-order chi connectivity index (χ0) is 15.4. The summed E-state index contributed by atoms with van der Waals surface area (Å²) in [5.74, 6) is -1.95. The first kappa shape index (κ1) is 15.3. The summed E-state index contributed by atoms with van der Waals surface area (Å²) >= 11 is 5.77. The van der Waals surface area contributed by atoms with E-state index in [-0.39, 0.29) is 5.69 Å². The van der Waals surface area contributed by atoms with Gasteiger partial charge in [0, 0.05) is 16.8 Å². The summed E-state index contributed by atoms with van der Waals surface area (Å²) < 4.78 is 26.2. The van der Waals surface area contributed by atoms with E-state index in [1.165, 1.54) is 6.07 Å². The quantitative estimate of drug-likeness (QED) is 0.894. The van der Waals surface area contributed by atoms with Crippen molar-refractivity contribution in [1.82, 2.24) is 0 Å². The van der Waals surface area contributed by atoms with Crippen LogP contribution in [-0.2, 0) is 4.79 Å².